The molecular formula is C11H22. The van der Waals surface area contributed by atoms with Crippen molar-refractivity contribution >= 4 is 0 Å². The van der Waals surface area contributed by atoms with Crippen molar-refractivity contribution in [1.82, 2.24) is 0 Å². The van der Waals surface area contributed by atoms with Crippen molar-refractivity contribution in [2.75, 3.05) is 0 Å². The molecule has 0 saturated heterocycles. The maximum absolute atomic E-state index is 2.38. The fraction of sp³-hybridized carbons (Fsp3) is 1.00. The lowest BCUT2D eigenvalue weighted by molar-refractivity contribution is 0.490. The van der Waals surface area contributed by atoms with E-state index in [4.69, 9.17) is 0 Å². The smallest absolute Gasteiger partial charge is 0.0329 e. The summed E-state index contributed by atoms with van der Waals surface area (Å²) >= 11 is 0. The zero-order valence-corrected chi connectivity index (χ0v) is 8.43. The molecule has 0 aromatic carbocycles. The topological polar surface area (TPSA) is 0 Å². The predicted molar refractivity (Wildman–Crippen MR) is 50.5 cm³/mol. The molecule has 3 unspecified atom stereocenters. The first-order valence-electron chi connectivity index (χ1n) is 5.22. The second-order valence-corrected chi connectivity index (χ2v) is 4.35. The van der Waals surface area contributed by atoms with Gasteiger partial charge in [0.05, 0.1) is 0 Å². The summed E-state index contributed by atoms with van der Waals surface area (Å²) in [5, 5.41) is 0. The predicted octanol–water partition coefficient (Wildman–Crippen LogP) is 3.71. The average molecular weight is 154 g/mol. The highest BCUT2D eigenvalue weighted by Gasteiger charge is 2.48. The van der Waals surface area contributed by atoms with E-state index >= 15 is 0 Å². The molecule has 1 aliphatic rings. The molecule has 0 heterocycles. The monoisotopic (exact) mass is 154 g/mol. The summed E-state index contributed by atoms with van der Waals surface area (Å²) in [5.41, 5.74) is 0. The standard InChI is InChI=1S/C11H22/c1-5-7-10-9(6-2)11(10)8(3)4/h8-11H,5-7H2,1-4H3. The van der Waals surface area contributed by atoms with Crippen LogP contribution in [0, 0.1) is 23.7 Å². The number of hydrogen-bond donors (Lipinski definition) is 0. The molecular weight excluding hydrogens is 132 g/mol. The zero-order chi connectivity index (χ0) is 8.43. The van der Waals surface area contributed by atoms with E-state index in [-0.39, 0.29) is 0 Å². The molecule has 1 aliphatic carbocycles. The minimum Gasteiger partial charge on any atom is -0.0654 e. The Morgan fingerprint density at radius 1 is 1.09 bits per heavy atom. The van der Waals surface area contributed by atoms with Gasteiger partial charge in [-0.3, -0.25) is 0 Å². The average Bonchev–Trinajstić information content (AvgIpc) is 2.63. The van der Waals surface area contributed by atoms with E-state index < -0.39 is 0 Å². The Hall–Kier alpha value is 0. The molecule has 0 amide bonds. The van der Waals surface area contributed by atoms with Crippen LogP contribution in [0.3, 0.4) is 0 Å². The van der Waals surface area contributed by atoms with Crippen molar-refractivity contribution < 1.29 is 0 Å². The van der Waals surface area contributed by atoms with Gasteiger partial charge in [0.2, 0.25) is 0 Å². The summed E-state index contributed by atoms with van der Waals surface area (Å²) < 4.78 is 0. The van der Waals surface area contributed by atoms with Gasteiger partial charge in [0, 0.05) is 0 Å². The molecule has 0 N–H and O–H groups in total. The summed E-state index contributed by atoms with van der Waals surface area (Å²) in [6.07, 6.45) is 4.26. The molecule has 0 aromatic rings. The van der Waals surface area contributed by atoms with Gasteiger partial charge in [0.25, 0.3) is 0 Å². The molecule has 3 atom stereocenters. The molecule has 0 aromatic heterocycles. The minimum atomic E-state index is 0.927. The second-order valence-electron chi connectivity index (χ2n) is 4.35. The first-order valence-corrected chi connectivity index (χ1v) is 5.22. The number of rotatable bonds is 4. The van der Waals surface area contributed by atoms with Crippen molar-refractivity contribution in [2.24, 2.45) is 23.7 Å². The Morgan fingerprint density at radius 3 is 2.00 bits per heavy atom. The summed E-state index contributed by atoms with van der Waals surface area (Å²) in [6.45, 7) is 9.41. The molecule has 0 bridgehead atoms. The SMILES string of the molecule is CCCC1C(CC)C1C(C)C. The third-order valence-electron chi connectivity index (χ3n) is 3.26. The largest absolute Gasteiger partial charge is 0.0654 e. The van der Waals surface area contributed by atoms with Crippen LogP contribution in [0.25, 0.3) is 0 Å². The van der Waals surface area contributed by atoms with Crippen LogP contribution in [-0.2, 0) is 0 Å². The molecule has 66 valence electrons. The lowest BCUT2D eigenvalue weighted by atomic mass is 10.0. The van der Waals surface area contributed by atoms with Gasteiger partial charge in [-0.25, -0.2) is 0 Å². The minimum absolute atomic E-state index is 0.927. The van der Waals surface area contributed by atoms with Crippen LogP contribution in [-0.4, -0.2) is 0 Å². The van der Waals surface area contributed by atoms with E-state index in [9.17, 15) is 0 Å². The lowest BCUT2D eigenvalue weighted by Gasteiger charge is -2.01. The van der Waals surface area contributed by atoms with Crippen molar-refractivity contribution in [1.29, 1.82) is 0 Å². The molecule has 0 aliphatic heterocycles. The van der Waals surface area contributed by atoms with E-state index in [0.717, 1.165) is 23.7 Å². The Bertz CT molecular complexity index is 115. The third-order valence-corrected chi connectivity index (χ3v) is 3.26. The van der Waals surface area contributed by atoms with Crippen LogP contribution >= 0.6 is 0 Å². The Kier molecular flexibility index (Phi) is 2.98. The van der Waals surface area contributed by atoms with Gasteiger partial charge in [-0.2, -0.15) is 0 Å². The zero-order valence-electron chi connectivity index (χ0n) is 8.43. The first kappa shape index (κ1) is 9.09. The Balaban J connectivity index is 2.33. The van der Waals surface area contributed by atoms with Gasteiger partial charge >= 0.3 is 0 Å². The highest BCUT2D eigenvalue weighted by Crippen LogP contribution is 2.54. The molecule has 0 nitrogen and oxygen atoms in total. The highest BCUT2D eigenvalue weighted by atomic mass is 14.5. The van der Waals surface area contributed by atoms with Crippen LogP contribution in [0.15, 0.2) is 0 Å². The van der Waals surface area contributed by atoms with Crippen LogP contribution in [0.4, 0.5) is 0 Å². The van der Waals surface area contributed by atoms with Gasteiger partial charge in [0.15, 0.2) is 0 Å². The fourth-order valence-corrected chi connectivity index (χ4v) is 2.78. The van der Waals surface area contributed by atoms with E-state index in [0.29, 0.717) is 0 Å². The van der Waals surface area contributed by atoms with Gasteiger partial charge in [-0.15, -0.1) is 0 Å². The molecule has 0 heteroatoms. The summed E-state index contributed by atoms with van der Waals surface area (Å²) in [5.74, 6) is 4.16. The van der Waals surface area contributed by atoms with Crippen LogP contribution < -0.4 is 0 Å². The van der Waals surface area contributed by atoms with Gasteiger partial charge < -0.3 is 0 Å². The van der Waals surface area contributed by atoms with Crippen LogP contribution in [0.1, 0.15) is 47.0 Å². The Morgan fingerprint density at radius 2 is 1.73 bits per heavy atom. The first-order chi connectivity index (χ1) is 5.22. The maximum atomic E-state index is 2.38. The lowest BCUT2D eigenvalue weighted by Crippen LogP contribution is -1.93. The molecule has 1 fully saturated rings. The van der Waals surface area contributed by atoms with Crippen molar-refractivity contribution in [3.8, 4) is 0 Å². The second kappa shape index (κ2) is 3.60. The highest BCUT2D eigenvalue weighted by molar-refractivity contribution is 4.96. The van der Waals surface area contributed by atoms with E-state index in [1.165, 1.54) is 19.3 Å². The van der Waals surface area contributed by atoms with E-state index in [1.807, 2.05) is 0 Å². The van der Waals surface area contributed by atoms with Gasteiger partial charge in [-0.05, 0) is 23.7 Å². The summed E-state index contributed by atoms with van der Waals surface area (Å²) in [6, 6.07) is 0. The van der Waals surface area contributed by atoms with Crippen LogP contribution in [0.5, 0.6) is 0 Å². The third kappa shape index (κ3) is 1.77. The van der Waals surface area contributed by atoms with Gasteiger partial charge in [0.1, 0.15) is 0 Å². The molecule has 0 spiro atoms. The summed E-state index contributed by atoms with van der Waals surface area (Å²) in [7, 11) is 0. The fourth-order valence-electron chi connectivity index (χ4n) is 2.78. The molecule has 1 rings (SSSR count). The quantitative estimate of drug-likeness (QED) is 0.579. The van der Waals surface area contributed by atoms with E-state index in [2.05, 4.69) is 27.7 Å². The van der Waals surface area contributed by atoms with Crippen molar-refractivity contribution in [3.63, 3.8) is 0 Å². The number of hydrogen-bond acceptors (Lipinski definition) is 0. The maximum Gasteiger partial charge on any atom is -0.0329 e. The Labute approximate surface area is 71.4 Å². The molecule has 1 saturated carbocycles. The normalized spacial score (nSPS) is 36.3. The van der Waals surface area contributed by atoms with Crippen molar-refractivity contribution in [2.45, 2.75) is 47.0 Å². The van der Waals surface area contributed by atoms with Gasteiger partial charge in [-0.1, -0.05) is 47.0 Å². The molecule has 0 radical (unpaired) electrons. The van der Waals surface area contributed by atoms with Crippen molar-refractivity contribution in [3.05, 3.63) is 0 Å². The van der Waals surface area contributed by atoms with Crippen LogP contribution in [0.2, 0.25) is 0 Å². The summed E-state index contributed by atoms with van der Waals surface area (Å²) in [4.78, 5) is 0. The molecule has 11 heavy (non-hydrogen) atoms. The van der Waals surface area contributed by atoms with E-state index in [1.54, 1.807) is 0 Å².